The molecule has 0 atom stereocenters. The minimum absolute atomic E-state index is 0.420. The fraction of sp³-hybridized carbons (Fsp3) is 0.684. The quantitative estimate of drug-likeness (QED) is 0.875. The molecular weight excluding hydrogens is 258 g/mol. The summed E-state index contributed by atoms with van der Waals surface area (Å²) in [6.07, 6.45) is 6.58. The van der Waals surface area contributed by atoms with E-state index in [2.05, 4.69) is 44.3 Å². The van der Waals surface area contributed by atoms with Crippen molar-refractivity contribution < 1.29 is 4.74 Å². The van der Waals surface area contributed by atoms with Crippen LogP contribution in [-0.4, -0.2) is 12.6 Å². The highest BCUT2D eigenvalue weighted by molar-refractivity contribution is 5.37. The van der Waals surface area contributed by atoms with E-state index in [0.717, 1.165) is 31.2 Å². The van der Waals surface area contributed by atoms with Crippen molar-refractivity contribution in [2.75, 3.05) is 6.54 Å². The fourth-order valence-corrected chi connectivity index (χ4v) is 3.77. The zero-order chi connectivity index (χ0) is 14.9. The van der Waals surface area contributed by atoms with Crippen molar-refractivity contribution in [3.63, 3.8) is 0 Å². The van der Waals surface area contributed by atoms with Crippen molar-refractivity contribution in [3.8, 4) is 5.75 Å². The molecule has 0 bridgehead atoms. The lowest BCUT2D eigenvalue weighted by Gasteiger charge is -2.37. The first kappa shape index (κ1) is 14.9. The van der Waals surface area contributed by atoms with Crippen LogP contribution < -0.4 is 10.1 Å². The zero-order valence-corrected chi connectivity index (χ0v) is 13.7. The molecular formula is C19H29NO. The van der Waals surface area contributed by atoms with E-state index in [9.17, 15) is 0 Å². The van der Waals surface area contributed by atoms with Gasteiger partial charge in [0.15, 0.2) is 0 Å². The monoisotopic (exact) mass is 287 g/mol. The molecule has 3 rings (SSSR count). The molecule has 2 nitrogen and oxygen atoms in total. The molecule has 1 heterocycles. The Balaban J connectivity index is 1.58. The number of nitrogens with one attached hydrogen (secondary N) is 1. The van der Waals surface area contributed by atoms with Crippen LogP contribution in [0, 0.1) is 11.3 Å². The van der Waals surface area contributed by atoms with Gasteiger partial charge in [-0.15, -0.1) is 0 Å². The van der Waals surface area contributed by atoms with Crippen LogP contribution in [0.5, 0.6) is 5.75 Å². The number of benzene rings is 1. The molecule has 0 unspecified atom stereocenters. The third kappa shape index (κ3) is 3.60. The number of fused-ring (bicyclic) bond motifs is 1. The molecule has 0 spiro atoms. The first-order valence-corrected chi connectivity index (χ1v) is 8.51. The highest BCUT2D eigenvalue weighted by atomic mass is 16.5. The molecule has 0 saturated heterocycles. The van der Waals surface area contributed by atoms with Crippen molar-refractivity contribution in [2.24, 2.45) is 11.3 Å². The fourth-order valence-electron chi connectivity index (χ4n) is 3.77. The molecule has 2 heteroatoms. The molecule has 1 aromatic carbocycles. The summed E-state index contributed by atoms with van der Waals surface area (Å²) in [6.45, 7) is 9.21. The topological polar surface area (TPSA) is 21.3 Å². The smallest absolute Gasteiger partial charge is 0.120 e. The minimum atomic E-state index is 0.420. The first-order chi connectivity index (χ1) is 10.0. The molecule has 1 aliphatic heterocycles. The molecule has 2 aliphatic rings. The lowest BCUT2D eigenvalue weighted by Crippen LogP contribution is -2.30. The van der Waals surface area contributed by atoms with Crippen LogP contribution in [0.25, 0.3) is 0 Å². The Bertz CT molecular complexity index is 481. The second-order valence-electron chi connectivity index (χ2n) is 7.81. The van der Waals surface area contributed by atoms with Crippen LogP contribution in [0.4, 0.5) is 0 Å². The summed E-state index contributed by atoms with van der Waals surface area (Å²) in [4.78, 5) is 0. The van der Waals surface area contributed by atoms with E-state index in [4.69, 9.17) is 4.74 Å². The normalized spacial score (nSPS) is 26.2. The van der Waals surface area contributed by atoms with Crippen LogP contribution in [0.2, 0.25) is 0 Å². The van der Waals surface area contributed by atoms with Crippen molar-refractivity contribution in [1.82, 2.24) is 5.32 Å². The maximum Gasteiger partial charge on any atom is 0.120 e. The van der Waals surface area contributed by atoms with Crippen molar-refractivity contribution >= 4 is 0 Å². The lowest BCUT2D eigenvalue weighted by molar-refractivity contribution is 0.0881. The van der Waals surface area contributed by atoms with Gasteiger partial charge in [0.25, 0.3) is 0 Å². The Morgan fingerprint density at radius 3 is 2.52 bits per heavy atom. The van der Waals surface area contributed by atoms with Gasteiger partial charge >= 0.3 is 0 Å². The van der Waals surface area contributed by atoms with Crippen molar-refractivity contribution in [3.05, 3.63) is 29.3 Å². The standard InChI is InChI=1S/C19H29NO/c1-19(2,3)16-5-8-17(9-6-16)21-18-7-4-15-13-20-11-10-14(15)12-18/h4,7,12,16-17,20H,5-6,8-11,13H2,1-3H3. The molecule has 0 aromatic heterocycles. The highest BCUT2D eigenvalue weighted by Gasteiger charge is 2.30. The predicted octanol–water partition coefficient (Wildman–Crippen LogP) is 4.32. The third-order valence-electron chi connectivity index (χ3n) is 5.27. The highest BCUT2D eigenvalue weighted by Crippen LogP contribution is 2.38. The number of hydrogen-bond donors (Lipinski definition) is 1. The molecule has 1 N–H and O–H groups in total. The van der Waals surface area contributed by atoms with Gasteiger partial charge in [0.1, 0.15) is 5.75 Å². The molecule has 0 radical (unpaired) electrons. The van der Waals surface area contributed by atoms with Crippen LogP contribution in [-0.2, 0) is 13.0 Å². The van der Waals surface area contributed by atoms with Gasteiger partial charge in [-0.2, -0.15) is 0 Å². The maximum absolute atomic E-state index is 6.26. The van der Waals surface area contributed by atoms with E-state index >= 15 is 0 Å². The number of rotatable bonds is 2. The van der Waals surface area contributed by atoms with Gasteiger partial charge in [-0.1, -0.05) is 26.8 Å². The van der Waals surface area contributed by atoms with E-state index in [1.165, 1.54) is 36.8 Å². The predicted molar refractivity (Wildman–Crippen MR) is 87.7 cm³/mol. The molecule has 0 amide bonds. The summed E-state index contributed by atoms with van der Waals surface area (Å²) in [5.74, 6) is 1.93. The second-order valence-corrected chi connectivity index (χ2v) is 7.81. The molecule has 1 fully saturated rings. The third-order valence-corrected chi connectivity index (χ3v) is 5.27. The summed E-state index contributed by atoms with van der Waals surface area (Å²) in [5, 5.41) is 3.42. The number of ether oxygens (including phenoxy) is 1. The Labute approximate surface area is 129 Å². The summed E-state index contributed by atoms with van der Waals surface area (Å²) >= 11 is 0. The largest absolute Gasteiger partial charge is 0.490 e. The van der Waals surface area contributed by atoms with E-state index in [0.29, 0.717) is 11.5 Å². The van der Waals surface area contributed by atoms with Gasteiger partial charge in [-0.25, -0.2) is 0 Å². The average Bonchev–Trinajstić information content (AvgIpc) is 2.47. The van der Waals surface area contributed by atoms with Crippen LogP contribution in [0.3, 0.4) is 0 Å². The van der Waals surface area contributed by atoms with E-state index < -0.39 is 0 Å². The van der Waals surface area contributed by atoms with Gasteiger partial charge in [-0.3, -0.25) is 0 Å². The summed E-state index contributed by atoms with van der Waals surface area (Å²) < 4.78 is 6.26. The van der Waals surface area contributed by atoms with Gasteiger partial charge in [0.05, 0.1) is 6.10 Å². The number of hydrogen-bond acceptors (Lipinski definition) is 2. The SMILES string of the molecule is CC(C)(C)C1CCC(Oc2ccc3c(c2)CCNC3)CC1. The van der Waals surface area contributed by atoms with Crippen LogP contribution >= 0.6 is 0 Å². The Morgan fingerprint density at radius 2 is 1.81 bits per heavy atom. The first-order valence-electron chi connectivity index (χ1n) is 8.51. The average molecular weight is 287 g/mol. The Morgan fingerprint density at radius 1 is 1.05 bits per heavy atom. The lowest BCUT2D eigenvalue weighted by atomic mass is 9.72. The van der Waals surface area contributed by atoms with Crippen molar-refractivity contribution in [1.29, 1.82) is 0 Å². The van der Waals surface area contributed by atoms with Crippen LogP contribution in [0.15, 0.2) is 18.2 Å². The van der Waals surface area contributed by atoms with Gasteiger partial charge in [0, 0.05) is 6.54 Å². The van der Waals surface area contributed by atoms with E-state index in [1.54, 1.807) is 0 Å². The van der Waals surface area contributed by atoms with E-state index in [-0.39, 0.29) is 0 Å². The summed E-state index contributed by atoms with van der Waals surface area (Å²) in [6, 6.07) is 6.66. The van der Waals surface area contributed by atoms with Gasteiger partial charge < -0.3 is 10.1 Å². The van der Waals surface area contributed by atoms with Gasteiger partial charge in [-0.05, 0) is 73.2 Å². The summed E-state index contributed by atoms with van der Waals surface area (Å²) in [5.41, 5.74) is 3.35. The summed E-state index contributed by atoms with van der Waals surface area (Å²) in [7, 11) is 0. The molecule has 1 aromatic rings. The van der Waals surface area contributed by atoms with E-state index in [1.807, 2.05) is 0 Å². The van der Waals surface area contributed by atoms with Crippen molar-refractivity contribution in [2.45, 2.75) is 65.5 Å². The molecule has 21 heavy (non-hydrogen) atoms. The molecule has 1 saturated carbocycles. The minimum Gasteiger partial charge on any atom is -0.490 e. The Kier molecular flexibility index (Phi) is 4.26. The maximum atomic E-state index is 6.26. The zero-order valence-electron chi connectivity index (χ0n) is 13.7. The second kappa shape index (κ2) is 6.00. The molecule has 1 aliphatic carbocycles. The van der Waals surface area contributed by atoms with Crippen LogP contribution in [0.1, 0.15) is 57.6 Å². The Hall–Kier alpha value is -1.02. The molecule has 116 valence electrons. The van der Waals surface area contributed by atoms with Gasteiger partial charge in [0.2, 0.25) is 0 Å².